The molecule has 4 bridgehead atoms. The number of fused-ring (bicyclic) bond motifs is 4. The minimum atomic E-state index is -0.129. The van der Waals surface area contributed by atoms with E-state index in [1.165, 1.54) is 0 Å². The fraction of sp³-hybridized carbons (Fsp3) is 0.667. The zero-order valence-electron chi connectivity index (χ0n) is 12.6. The van der Waals surface area contributed by atoms with Gasteiger partial charge in [0.05, 0.1) is 11.8 Å². The third-order valence-electron chi connectivity index (χ3n) is 5.74. The fourth-order valence-corrected chi connectivity index (χ4v) is 4.60. The zero-order valence-corrected chi connectivity index (χ0v) is 12.6. The average Bonchev–Trinajstić information content (AvgIpc) is 3.30. The van der Waals surface area contributed by atoms with Gasteiger partial charge in [0.15, 0.2) is 0 Å². The fourth-order valence-electron chi connectivity index (χ4n) is 4.60. The van der Waals surface area contributed by atoms with Crippen LogP contribution in [-0.2, 0) is 19.1 Å². The summed E-state index contributed by atoms with van der Waals surface area (Å²) in [6.45, 7) is 0.359. The third kappa shape index (κ3) is 2.49. The maximum atomic E-state index is 12.0. The van der Waals surface area contributed by atoms with Crippen LogP contribution in [0.5, 0.6) is 0 Å². The predicted octanol–water partition coefficient (Wildman–Crippen LogP) is 2.50. The second-order valence-electron chi connectivity index (χ2n) is 7.11. The minimum Gasteiger partial charge on any atom is -0.462 e. The summed E-state index contributed by atoms with van der Waals surface area (Å²) >= 11 is 0. The van der Waals surface area contributed by atoms with Crippen molar-refractivity contribution in [3.05, 3.63) is 24.3 Å². The first-order valence-electron chi connectivity index (χ1n) is 8.40. The van der Waals surface area contributed by atoms with Crippen LogP contribution in [-0.4, -0.2) is 25.2 Å². The first-order valence-corrected chi connectivity index (χ1v) is 8.40. The molecule has 118 valence electrons. The highest BCUT2D eigenvalue weighted by Crippen LogP contribution is 2.44. The monoisotopic (exact) mass is 302 g/mol. The Balaban J connectivity index is 1.17. The second kappa shape index (κ2) is 5.56. The zero-order chi connectivity index (χ0) is 15.1. The average molecular weight is 302 g/mol. The van der Waals surface area contributed by atoms with Crippen LogP contribution in [0.15, 0.2) is 24.3 Å². The molecule has 0 aromatic heterocycles. The van der Waals surface area contributed by atoms with E-state index in [-0.39, 0.29) is 37.0 Å². The van der Waals surface area contributed by atoms with Crippen LogP contribution in [0, 0.1) is 35.5 Å². The standard InChI is InChI=1S/C18H22O4/c19-17(15-9-11-1-3-13(15)7-11)21-5-6-22-18(20)16-10-12-2-4-14(16)8-12/h1-4,11-16H,5-10H2/t11-,12-,13+,14+,15+,16?/m0/s1. The van der Waals surface area contributed by atoms with Gasteiger partial charge in [-0.2, -0.15) is 0 Å². The quantitative estimate of drug-likeness (QED) is 0.445. The Morgan fingerprint density at radius 3 is 1.50 bits per heavy atom. The molecule has 0 aliphatic heterocycles. The van der Waals surface area contributed by atoms with E-state index in [9.17, 15) is 9.59 Å². The lowest BCUT2D eigenvalue weighted by atomic mass is 9.94. The number of hydrogen-bond donors (Lipinski definition) is 0. The summed E-state index contributed by atoms with van der Waals surface area (Å²) in [5.41, 5.74) is 0. The molecule has 1 unspecified atom stereocenters. The lowest BCUT2D eigenvalue weighted by molar-refractivity contribution is -0.158. The van der Waals surface area contributed by atoms with Gasteiger partial charge in [0.1, 0.15) is 13.2 Å². The van der Waals surface area contributed by atoms with Gasteiger partial charge in [-0.1, -0.05) is 24.3 Å². The van der Waals surface area contributed by atoms with Crippen LogP contribution >= 0.6 is 0 Å². The summed E-state index contributed by atoms with van der Waals surface area (Å²) in [7, 11) is 0. The molecule has 0 saturated heterocycles. The van der Waals surface area contributed by atoms with E-state index in [2.05, 4.69) is 24.3 Å². The van der Waals surface area contributed by atoms with Crippen LogP contribution in [0.3, 0.4) is 0 Å². The van der Waals surface area contributed by atoms with Crippen molar-refractivity contribution in [2.24, 2.45) is 35.5 Å². The Bertz CT molecular complexity index is 487. The molecule has 0 aromatic carbocycles. The molecule has 4 aliphatic carbocycles. The molecule has 2 fully saturated rings. The van der Waals surface area contributed by atoms with E-state index in [0.717, 1.165) is 25.7 Å². The summed E-state index contributed by atoms with van der Waals surface area (Å²) in [5, 5.41) is 0. The molecule has 0 spiro atoms. The van der Waals surface area contributed by atoms with Crippen molar-refractivity contribution < 1.29 is 19.1 Å². The van der Waals surface area contributed by atoms with Gasteiger partial charge in [-0.05, 0) is 49.4 Å². The van der Waals surface area contributed by atoms with Crippen LogP contribution in [0.2, 0.25) is 0 Å². The molecule has 0 aromatic rings. The van der Waals surface area contributed by atoms with Gasteiger partial charge < -0.3 is 9.47 Å². The number of carbonyl (C=O) groups is 2. The van der Waals surface area contributed by atoms with Crippen molar-refractivity contribution >= 4 is 11.9 Å². The number of rotatable bonds is 5. The topological polar surface area (TPSA) is 52.6 Å². The predicted molar refractivity (Wildman–Crippen MR) is 79.6 cm³/mol. The molecular formula is C18H22O4. The van der Waals surface area contributed by atoms with E-state index >= 15 is 0 Å². The molecule has 0 amide bonds. The maximum absolute atomic E-state index is 12.0. The Labute approximate surface area is 130 Å². The number of allylic oxidation sites excluding steroid dienone is 4. The molecule has 2 saturated carbocycles. The van der Waals surface area contributed by atoms with E-state index in [4.69, 9.17) is 9.47 Å². The lowest BCUT2D eigenvalue weighted by Crippen LogP contribution is -2.26. The van der Waals surface area contributed by atoms with Crippen LogP contribution in [0.25, 0.3) is 0 Å². The molecule has 6 atom stereocenters. The number of esters is 2. The van der Waals surface area contributed by atoms with Crippen molar-refractivity contribution in [1.82, 2.24) is 0 Å². The molecule has 22 heavy (non-hydrogen) atoms. The largest absolute Gasteiger partial charge is 0.462 e. The summed E-state index contributed by atoms with van der Waals surface area (Å²) in [6, 6.07) is 0. The molecule has 0 heterocycles. The molecule has 0 radical (unpaired) electrons. The molecule has 4 aliphatic rings. The second-order valence-corrected chi connectivity index (χ2v) is 7.11. The molecule has 4 nitrogen and oxygen atoms in total. The highest BCUT2D eigenvalue weighted by Gasteiger charge is 2.41. The van der Waals surface area contributed by atoms with Gasteiger partial charge >= 0.3 is 11.9 Å². The van der Waals surface area contributed by atoms with Crippen LogP contribution in [0.1, 0.15) is 25.7 Å². The van der Waals surface area contributed by atoms with Gasteiger partial charge in [-0.3, -0.25) is 9.59 Å². The first kappa shape index (κ1) is 14.0. The molecule has 4 rings (SSSR count). The van der Waals surface area contributed by atoms with Gasteiger partial charge in [0.2, 0.25) is 0 Å². The SMILES string of the molecule is O=C(OCCOC(=O)[C@@H]1C[C@H]2C=C[C@@H]1C2)C1C[C@H]2C=C[C@@H]1C2. The minimum absolute atomic E-state index is 0.0152. The van der Waals surface area contributed by atoms with E-state index < -0.39 is 0 Å². The van der Waals surface area contributed by atoms with Gasteiger partial charge in [0, 0.05) is 0 Å². The lowest BCUT2D eigenvalue weighted by Gasteiger charge is -2.18. The maximum Gasteiger partial charge on any atom is 0.309 e. The molecule has 4 heteroatoms. The first-order chi connectivity index (χ1) is 10.7. The highest BCUT2D eigenvalue weighted by atomic mass is 16.6. The van der Waals surface area contributed by atoms with E-state index in [0.29, 0.717) is 23.7 Å². The van der Waals surface area contributed by atoms with Crippen LogP contribution in [0.4, 0.5) is 0 Å². The summed E-state index contributed by atoms with van der Waals surface area (Å²) in [5.74, 6) is 1.62. The number of hydrogen-bond acceptors (Lipinski definition) is 4. The Morgan fingerprint density at radius 1 is 0.727 bits per heavy atom. The number of ether oxygens (including phenoxy) is 2. The van der Waals surface area contributed by atoms with Crippen molar-refractivity contribution in [2.75, 3.05) is 13.2 Å². The third-order valence-corrected chi connectivity index (χ3v) is 5.74. The summed E-state index contributed by atoms with van der Waals surface area (Å²) in [4.78, 5) is 24.1. The van der Waals surface area contributed by atoms with E-state index in [1.54, 1.807) is 0 Å². The molecular weight excluding hydrogens is 280 g/mol. The summed E-state index contributed by atoms with van der Waals surface area (Å²) < 4.78 is 10.6. The number of carbonyl (C=O) groups excluding carboxylic acids is 2. The Hall–Kier alpha value is -1.58. The van der Waals surface area contributed by atoms with Gasteiger partial charge in [-0.25, -0.2) is 0 Å². The van der Waals surface area contributed by atoms with Gasteiger partial charge in [-0.15, -0.1) is 0 Å². The van der Waals surface area contributed by atoms with Crippen molar-refractivity contribution in [1.29, 1.82) is 0 Å². The van der Waals surface area contributed by atoms with Crippen molar-refractivity contribution in [3.63, 3.8) is 0 Å². The summed E-state index contributed by atoms with van der Waals surface area (Å²) in [6.07, 6.45) is 12.7. The normalized spacial score (nSPS) is 40.4. The Morgan fingerprint density at radius 2 is 1.18 bits per heavy atom. The van der Waals surface area contributed by atoms with Crippen LogP contribution < -0.4 is 0 Å². The van der Waals surface area contributed by atoms with Gasteiger partial charge in [0.25, 0.3) is 0 Å². The van der Waals surface area contributed by atoms with Crippen molar-refractivity contribution in [3.8, 4) is 0 Å². The highest BCUT2D eigenvalue weighted by molar-refractivity contribution is 5.75. The van der Waals surface area contributed by atoms with E-state index in [1.807, 2.05) is 0 Å². The smallest absolute Gasteiger partial charge is 0.309 e. The van der Waals surface area contributed by atoms with Crippen molar-refractivity contribution in [2.45, 2.75) is 25.7 Å². The Kier molecular flexibility index (Phi) is 3.55. The molecule has 0 N–H and O–H groups in total.